The maximum Gasteiger partial charge on any atom is 0.136 e. The number of nitrogens with zero attached hydrogens (tertiary/aromatic N) is 1. The quantitative estimate of drug-likeness (QED) is 0.149. The smallest absolute Gasteiger partial charge is 0.136 e. The van der Waals surface area contributed by atoms with Gasteiger partial charge in [-0.2, -0.15) is 0 Å². The Morgan fingerprint density at radius 1 is 0.242 bits per heavy atom. The average Bonchev–Trinajstić information content (AvgIpc) is 3.78. The van der Waals surface area contributed by atoms with Gasteiger partial charge in [0.15, 0.2) is 0 Å². The second kappa shape index (κ2) is 15.5. The van der Waals surface area contributed by atoms with Crippen LogP contribution in [0.2, 0.25) is 0 Å². The Kier molecular flexibility index (Phi) is 8.89. The van der Waals surface area contributed by atoms with Gasteiger partial charge in [0.05, 0.1) is 0 Å². The zero-order valence-corrected chi connectivity index (χ0v) is 36.0. The van der Waals surface area contributed by atoms with Crippen molar-refractivity contribution in [3.8, 4) is 44.5 Å². The van der Waals surface area contributed by atoms with Crippen LogP contribution in [0.15, 0.2) is 253 Å². The highest BCUT2D eigenvalue weighted by molar-refractivity contribution is 6.19. The van der Waals surface area contributed by atoms with E-state index < -0.39 is 0 Å². The number of hydrogen-bond donors (Lipinski definition) is 0. The van der Waals surface area contributed by atoms with E-state index in [1.54, 1.807) is 0 Å². The van der Waals surface area contributed by atoms with E-state index in [-0.39, 0.29) is 0 Å². The molecule has 66 heavy (non-hydrogen) atoms. The highest BCUT2D eigenvalue weighted by Gasteiger charge is 2.20. The largest absolute Gasteiger partial charge is 0.456 e. The van der Waals surface area contributed by atoms with Gasteiger partial charge in [-0.25, -0.2) is 0 Å². The van der Waals surface area contributed by atoms with Crippen molar-refractivity contribution in [2.75, 3.05) is 4.90 Å². The molecule has 0 fully saturated rings. The van der Waals surface area contributed by atoms with Crippen molar-refractivity contribution >= 4 is 82.1 Å². The first-order chi connectivity index (χ1) is 32.7. The minimum absolute atomic E-state index is 0.896. The minimum Gasteiger partial charge on any atom is -0.456 e. The number of anilines is 3. The number of hydrogen-bond acceptors (Lipinski definition) is 2. The number of furan rings is 1. The van der Waals surface area contributed by atoms with Gasteiger partial charge in [0.2, 0.25) is 0 Å². The van der Waals surface area contributed by atoms with Gasteiger partial charge in [0, 0.05) is 27.8 Å². The molecule has 0 atom stereocenters. The van der Waals surface area contributed by atoms with Crippen LogP contribution in [0.3, 0.4) is 0 Å². The summed E-state index contributed by atoms with van der Waals surface area (Å²) in [7, 11) is 0. The topological polar surface area (TPSA) is 16.4 Å². The molecule has 0 spiro atoms. The number of rotatable bonds is 7. The minimum atomic E-state index is 0.896. The summed E-state index contributed by atoms with van der Waals surface area (Å²) >= 11 is 0. The summed E-state index contributed by atoms with van der Waals surface area (Å²) in [6.45, 7) is 0. The molecule has 2 nitrogen and oxygen atoms in total. The first-order valence-electron chi connectivity index (χ1n) is 22.7. The average molecular weight is 840 g/mol. The zero-order chi connectivity index (χ0) is 43.6. The molecule has 0 aliphatic heterocycles. The molecule has 0 saturated heterocycles. The molecule has 0 aliphatic carbocycles. The van der Waals surface area contributed by atoms with Crippen molar-refractivity contribution in [2.45, 2.75) is 0 Å². The van der Waals surface area contributed by atoms with E-state index in [1.807, 2.05) is 0 Å². The van der Waals surface area contributed by atoms with Crippen molar-refractivity contribution < 1.29 is 4.42 Å². The zero-order valence-electron chi connectivity index (χ0n) is 36.0. The molecule has 0 amide bonds. The third kappa shape index (κ3) is 6.34. The third-order valence-electron chi connectivity index (χ3n) is 13.4. The molecule has 0 saturated carbocycles. The fourth-order valence-corrected chi connectivity index (χ4v) is 10.3. The standard InChI is InChI=1S/C64H41NO/c1-2-14-44(15-3-1)60-41-51(34-35-58(60)56-27-13-19-43-16-4-7-22-52(43)56)65(50-21-12-20-47(38-50)59-40-48-18-6-8-23-53(48)55-25-10-11-26-57(55)59)49-32-28-42(29-33-49)46-31-36-62-61(39-46)64-54-24-9-5-17-45(54)30-37-63(64)66-62/h1-41H. The molecule has 0 aliphatic rings. The van der Waals surface area contributed by atoms with Crippen LogP contribution in [-0.2, 0) is 0 Å². The summed E-state index contributed by atoms with van der Waals surface area (Å²) in [5.41, 5.74) is 14.5. The lowest BCUT2D eigenvalue weighted by atomic mass is 9.90. The summed E-state index contributed by atoms with van der Waals surface area (Å²) in [6, 6.07) is 90.4. The molecule has 2 heteroatoms. The van der Waals surface area contributed by atoms with Gasteiger partial charge in [-0.3, -0.25) is 0 Å². The van der Waals surface area contributed by atoms with Crippen LogP contribution in [0, 0.1) is 0 Å². The number of benzene rings is 12. The molecule has 12 aromatic carbocycles. The van der Waals surface area contributed by atoms with E-state index in [0.29, 0.717) is 0 Å². The molecule has 0 bridgehead atoms. The maximum absolute atomic E-state index is 6.38. The molecule has 0 radical (unpaired) electrons. The summed E-state index contributed by atoms with van der Waals surface area (Å²) < 4.78 is 6.38. The second-order valence-corrected chi connectivity index (χ2v) is 17.2. The molecule has 308 valence electrons. The lowest BCUT2D eigenvalue weighted by molar-refractivity contribution is 0.669. The van der Waals surface area contributed by atoms with E-state index in [4.69, 9.17) is 4.42 Å². The Bertz CT molecular complexity index is 3990. The predicted molar refractivity (Wildman–Crippen MR) is 280 cm³/mol. The Hall–Kier alpha value is -8.72. The summed E-state index contributed by atoms with van der Waals surface area (Å²) in [5, 5.41) is 12.2. The monoisotopic (exact) mass is 839 g/mol. The lowest BCUT2D eigenvalue weighted by Gasteiger charge is -2.28. The van der Waals surface area contributed by atoms with E-state index in [1.165, 1.54) is 76.5 Å². The molecule has 1 aromatic heterocycles. The molecule has 13 rings (SSSR count). The van der Waals surface area contributed by atoms with Crippen LogP contribution in [0.25, 0.3) is 110 Å². The molecule has 13 aromatic rings. The molecular formula is C64H41NO. The lowest BCUT2D eigenvalue weighted by Crippen LogP contribution is -2.10. The molecule has 0 unspecified atom stereocenters. The van der Waals surface area contributed by atoms with E-state index in [2.05, 4.69) is 254 Å². The van der Waals surface area contributed by atoms with Crippen molar-refractivity contribution in [3.63, 3.8) is 0 Å². The predicted octanol–water partition coefficient (Wildman–Crippen LogP) is 18.3. The van der Waals surface area contributed by atoms with Gasteiger partial charge in [-0.15, -0.1) is 0 Å². The fraction of sp³-hybridized carbons (Fsp3) is 0. The van der Waals surface area contributed by atoms with Gasteiger partial charge in [-0.1, -0.05) is 188 Å². The normalized spacial score (nSPS) is 11.6. The summed E-state index contributed by atoms with van der Waals surface area (Å²) in [5.74, 6) is 0. The number of fused-ring (bicyclic) bond motifs is 9. The van der Waals surface area contributed by atoms with E-state index in [9.17, 15) is 0 Å². The summed E-state index contributed by atoms with van der Waals surface area (Å²) in [6.07, 6.45) is 0. The van der Waals surface area contributed by atoms with Crippen LogP contribution in [-0.4, -0.2) is 0 Å². The van der Waals surface area contributed by atoms with Crippen molar-refractivity contribution in [2.24, 2.45) is 0 Å². The van der Waals surface area contributed by atoms with Crippen molar-refractivity contribution in [1.29, 1.82) is 0 Å². The molecule has 1 heterocycles. The van der Waals surface area contributed by atoms with Gasteiger partial charge in [0.1, 0.15) is 11.2 Å². The Labute approximate surface area is 382 Å². The third-order valence-corrected chi connectivity index (χ3v) is 13.4. The van der Waals surface area contributed by atoms with Crippen LogP contribution >= 0.6 is 0 Å². The fourth-order valence-electron chi connectivity index (χ4n) is 10.3. The van der Waals surface area contributed by atoms with Gasteiger partial charge in [-0.05, 0) is 148 Å². The van der Waals surface area contributed by atoms with E-state index >= 15 is 0 Å². The molecule has 0 N–H and O–H groups in total. The Balaban J connectivity index is 0.990. The highest BCUT2D eigenvalue weighted by atomic mass is 16.3. The first-order valence-corrected chi connectivity index (χ1v) is 22.7. The Morgan fingerprint density at radius 2 is 0.848 bits per heavy atom. The van der Waals surface area contributed by atoms with Gasteiger partial charge < -0.3 is 9.32 Å². The molecular weight excluding hydrogens is 799 g/mol. The Morgan fingerprint density at radius 3 is 1.68 bits per heavy atom. The van der Waals surface area contributed by atoms with Gasteiger partial charge in [0.25, 0.3) is 0 Å². The van der Waals surface area contributed by atoms with Gasteiger partial charge >= 0.3 is 0 Å². The summed E-state index contributed by atoms with van der Waals surface area (Å²) in [4.78, 5) is 2.41. The van der Waals surface area contributed by atoms with Crippen molar-refractivity contribution in [3.05, 3.63) is 249 Å². The van der Waals surface area contributed by atoms with Crippen LogP contribution in [0.1, 0.15) is 0 Å². The van der Waals surface area contributed by atoms with Crippen LogP contribution < -0.4 is 4.90 Å². The first kappa shape index (κ1) is 37.8. The second-order valence-electron chi connectivity index (χ2n) is 17.2. The van der Waals surface area contributed by atoms with Crippen LogP contribution in [0.5, 0.6) is 0 Å². The maximum atomic E-state index is 6.38. The SMILES string of the molecule is c1ccc(-c2cc(N(c3ccc(-c4ccc5oc6ccc7ccccc7c6c5c4)cc3)c3cccc(-c4cc5ccccc5c5ccccc45)c3)ccc2-c2cccc3ccccc23)cc1. The van der Waals surface area contributed by atoms with E-state index in [0.717, 1.165) is 50.1 Å². The van der Waals surface area contributed by atoms with Crippen LogP contribution in [0.4, 0.5) is 17.1 Å². The highest BCUT2D eigenvalue weighted by Crippen LogP contribution is 2.45. The van der Waals surface area contributed by atoms with Crippen molar-refractivity contribution in [1.82, 2.24) is 0 Å².